The second-order valence-electron chi connectivity index (χ2n) is 10.1. The van der Waals surface area contributed by atoms with Crippen molar-refractivity contribution in [2.24, 2.45) is 0 Å². The summed E-state index contributed by atoms with van der Waals surface area (Å²) in [4.78, 5) is 14.5. The monoisotopic (exact) mass is 460 g/mol. The van der Waals surface area contributed by atoms with Crippen molar-refractivity contribution in [1.82, 2.24) is 0 Å². The van der Waals surface area contributed by atoms with E-state index in [2.05, 4.69) is 53.5 Å². The zero-order valence-electron chi connectivity index (χ0n) is 19.6. The highest BCUT2D eigenvalue weighted by Crippen LogP contribution is 2.42. The van der Waals surface area contributed by atoms with Gasteiger partial charge in [0.1, 0.15) is 12.2 Å². The summed E-state index contributed by atoms with van der Waals surface area (Å²) in [6.07, 6.45) is -1.08. The summed E-state index contributed by atoms with van der Waals surface area (Å²) in [5.74, 6) is 0. The van der Waals surface area contributed by atoms with Crippen molar-refractivity contribution in [3.63, 3.8) is 0 Å². The predicted molar refractivity (Wildman–Crippen MR) is 133 cm³/mol. The van der Waals surface area contributed by atoms with Gasteiger partial charge in [0.15, 0.2) is 16.6 Å². The first-order valence-corrected chi connectivity index (χ1v) is 17.6. The predicted octanol–water partition coefficient (Wildman–Crippen LogP) is 7.29. The van der Waals surface area contributed by atoms with E-state index in [1.165, 1.54) is 11.8 Å². The Balaban J connectivity index is 2.47. The molecule has 2 atom stereocenters. The number of carbonyl (C=O) groups is 1. The van der Waals surface area contributed by atoms with Crippen molar-refractivity contribution in [2.45, 2.75) is 75.6 Å². The smallest absolute Gasteiger partial charge is 0.224 e. The van der Waals surface area contributed by atoms with Gasteiger partial charge in [-0.05, 0) is 67.2 Å². The molecule has 30 heavy (non-hydrogen) atoms. The van der Waals surface area contributed by atoms with Gasteiger partial charge in [-0.3, -0.25) is 4.79 Å². The summed E-state index contributed by atoms with van der Waals surface area (Å²) in [5, 5.41) is 0.0236. The van der Waals surface area contributed by atoms with Crippen LogP contribution in [0.4, 0.5) is 0 Å². The average Bonchev–Trinajstić information content (AvgIpc) is 2.64. The van der Waals surface area contributed by atoms with Crippen molar-refractivity contribution < 1.29 is 13.6 Å². The molecule has 0 amide bonds. The minimum atomic E-state index is -2.15. The molecule has 0 spiro atoms. The molecule has 0 saturated carbocycles. The Hall–Kier alpha value is -1.19. The van der Waals surface area contributed by atoms with Crippen LogP contribution in [0.3, 0.4) is 0 Å². The molecule has 2 rings (SSSR count). The summed E-state index contributed by atoms with van der Waals surface area (Å²) in [7, 11) is -4.17. The second kappa shape index (κ2) is 9.96. The van der Waals surface area contributed by atoms with E-state index in [1.54, 1.807) is 0 Å². The van der Waals surface area contributed by atoms with Gasteiger partial charge in [-0.1, -0.05) is 69.3 Å². The van der Waals surface area contributed by atoms with E-state index >= 15 is 0 Å². The van der Waals surface area contributed by atoms with Gasteiger partial charge in [0, 0.05) is 4.90 Å². The number of hydrogen-bond donors (Lipinski definition) is 0. The Morgan fingerprint density at radius 2 is 1.33 bits per heavy atom. The molecule has 0 radical (unpaired) electrons. The lowest BCUT2D eigenvalue weighted by Gasteiger charge is -2.42. The van der Waals surface area contributed by atoms with Crippen molar-refractivity contribution in [3.05, 3.63) is 66.2 Å². The third-order valence-corrected chi connectivity index (χ3v) is 11.7. The number of rotatable bonds is 8. The third kappa shape index (κ3) is 7.20. The van der Waals surface area contributed by atoms with E-state index in [0.717, 1.165) is 10.5 Å². The van der Waals surface area contributed by atoms with E-state index in [0.29, 0.717) is 0 Å². The topological polar surface area (TPSA) is 35.5 Å². The van der Waals surface area contributed by atoms with Gasteiger partial charge < -0.3 is 8.85 Å². The number of carbonyl (C=O) groups excluding carboxylic acids is 1. The van der Waals surface area contributed by atoms with E-state index in [9.17, 15) is 4.79 Å². The van der Waals surface area contributed by atoms with Gasteiger partial charge in [-0.2, -0.15) is 0 Å². The zero-order valence-corrected chi connectivity index (χ0v) is 22.4. The first-order valence-electron chi connectivity index (χ1n) is 10.5. The number of benzene rings is 2. The highest BCUT2D eigenvalue weighted by molar-refractivity contribution is 8.13. The Morgan fingerprint density at radius 1 is 0.833 bits per heavy atom. The lowest BCUT2D eigenvalue weighted by atomic mass is 10.1. The van der Waals surface area contributed by atoms with Gasteiger partial charge in [0.25, 0.3) is 0 Å². The molecule has 2 aromatic rings. The fourth-order valence-corrected chi connectivity index (χ4v) is 5.86. The molecule has 0 aliphatic rings. The normalized spacial score (nSPS) is 14.9. The lowest BCUT2D eigenvalue weighted by molar-refractivity contribution is -0.122. The summed E-state index contributed by atoms with van der Waals surface area (Å²) < 4.78 is 13.4. The molecule has 6 heteroatoms. The SMILES string of the molecule is CC(C)(C)[Si](C)(C)O[C@@H](c1ccccc1)[C@H](O[Si](C)(C)C)C(=O)Sc1ccccc1. The minimum absolute atomic E-state index is 0.00353. The van der Waals surface area contributed by atoms with Crippen LogP contribution in [0.15, 0.2) is 65.6 Å². The van der Waals surface area contributed by atoms with E-state index in [4.69, 9.17) is 8.85 Å². The Kier molecular flexibility index (Phi) is 8.32. The average molecular weight is 461 g/mol. The summed E-state index contributed by atoms with van der Waals surface area (Å²) in [6.45, 7) is 17.5. The molecule has 0 bridgehead atoms. The van der Waals surface area contributed by atoms with Crippen molar-refractivity contribution >= 4 is 33.5 Å². The molecule has 2 aromatic carbocycles. The Bertz CT molecular complexity index is 812. The van der Waals surface area contributed by atoms with Crippen LogP contribution in [0.1, 0.15) is 32.4 Å². The molecule has 0 aliphatic carbocycles. The van der Waals surface area contributed by atoms with Crippen LogP contribution in [-0.4, -0.2) is 27.9 Å². The molecule has 0 aliphatic heterocycles. The van der Waals surface area contributed by atoms with Crippen molar-refractivity contribution in [2.75, 3.05) is 0 Å². The molecule has 3 nitrogen and oxygen atoms in total. The molecule has 0 saturated heterocycles. The van der Waals surface area contributed by atoms with E-state index in [1.807, 2.05) is 60.7 Å². The van der Waals surface area contributed by atoms with Gasteiger partial charge >= 0.3 is 0 Å². The fraction of sp³-hybridized carbons (Fsp3) is 0.458. The van der Waals surface area contributed by atoms with Crippen molar-refractivity contribution in [3.8, 4) is 0 Å². The third-order valence-electron chi connectivity index (χ3n) is 5.31. The van der Waals surface area contributed by atoms with Crippen LogP contribution >= 0.6 is 11.8 Å². The van der Waals surface area contributed by atoms with Crippen LogP contribution in [-0.2, 0) is 13.6 Å². The maximum absolute atomic E-state index is 13.5. The van der Waals surface area contributed by atoms with Crippen LogP contribution in [0.25, 0.3) is 0 Å². The van der Waals surface area contributed by atoms with Crippen LogP contribution < -0.4 is 0 Å². The van der Waals surface area contributed by atoms with Crippen LogP contribution in [0.2, 0.25) is 37.8 Å². The second-order valence-corrected chi connectivity index (χ2v) is 20.4. The number of hydrogen-bond acceptors (Lipinski definition) is 4. The minimum Gasteiger partial charge on any atom is -0.407 e. The van der Waals surface area contributed by atoms with Crippen molar-refractivity contribution in [1.29, 1.82) is 0 Å². The fourth-order valence-electron chi connectivity index (χ4n) is 2.72. The largest absolute Gasteiger partial charge is 0.407 e. The van der Waals surface area contributed by atoms with Crippen LogP contribution in [0, 0.1) is 0 Å². The van der Waals surface area contributed by atoms with Gasteiger partial charge in [-0.15, -0.1) is 0 Å². The molecular formula is C24H36O3SSi2. The summed E-state index contributed by atoms with van der Waals surface area (Å²) in [5.41, 5.74) is 0.993. The van der Waals surface area contributed by atoms with E-state index in [-0.39, 0.29) is 10.2 Å². The lowest BCUT2D eigenvalue weighted by Crippen LogP contribution is -2.47. The van der Waals surface area contributed by atoms with Gasteiger partial charge in [0.2, 0.25) is 5.12 Å². The standard InChI is InChI=1S/C24H36O3SSi2/c1-24(2,3)30(7,8)27-21(19-15-11-9-12-16-19)22(26-29(4,5)6)23(25)28-20-17-13-10-14-18-20/h9-18,21-22H,1-8H3/t21-,22-/m0/s1. The quantitative estimate of drug-likeness (QED) is 0.306. The molecule has 0 aromatic heterocycles. The van der Waals surface area contributed by atoms with E-state index < -0.39 is 28.8 Å². The molecule has 0 unspecified atom stereocenters. The Morgan fingerprint density at radius 3 is 1.80 bits per heavy atom. The highest BCUT2D eigenvalue weighted by Gasteiger charge is 2.44. The summed E-state index contributed by atoms with van der Waals surface area (Å²) >= 11 is 1.24. The number of thioether (sulfide) groups is 1. The van der Waals surface area contributed by atoms with Gasteiger partial charge in [0.05, 0.1) is 0 Å². The summed E-state index contributed by atoms with van der Waals surface area (Å²) in [6, 6.07) is 19.8. The zero-order chi connectivity index (χ0) is 22.6. The molecule has 0 fully saturated rings. The molecular weight excluding hydrogens is 425 g/mol. The van der Waals surface area contributed by atoms with Gasteiger partial charge in [-0.25, -0.2) is 0 Å². The first kappa shape index (κ1) is 25.1. The maximum Gasteiger partial charge on any atom is 0.224 e. The molecule has 164 valence electrons. The highest BCUT2D eigenvalue weighted by atomic mass is 32.2. The molecule has 0 heterocycles. The first-order chi connectivity index (χ1) is 13.8. The Labute approximate surface area is 188 Å². The van der Waals surface area contributed by atoms with Crippen LogP contribution in [0.5, 0.6) is 0 Å². The molecule has 0 N–H and O–H groups in total. The maximum atomic E-state index is 13.5.